The molecule has 1 aliphatic carbocycles. The quantitative estimate of drug-likeness (QED) is 0.295. The molecule has 0 amide bonds. The summed E-state index contributed by atoms with van der Waals surface area (Å²) >= 11 is 0. The SMILES string of the molecule is CCNC(=NCC1(CCOC)CCC1)NCC1(c2ccccc2)CCOCC1.I. The van der Waals surface area contributed by atoms with E-state index in [1.165, 1.54) is 24.8 Å². The van der Waals surface area contributed by atoms with E-state index in [0.29, 0.717) is 5.41 Å². The number of hydrogen-bond acceptors (Lipinski definition) is 3. The largest absolute Gasteiger partial charge is 0.385 e. The number of nitrogens with zero attached hydrogens (tertiary/aromatic N) is 1. The fourth-order valence-corrected chi connectivity index (χ4v) is 4.45. The molecule has 0 bridgehead atoms. The molecule has 2 fully saturated rings. The molecular weight excluding hydrogens is 477 g/mol. The topological polar surface area (TPSA) is 54.9 Å². The van der Waals surface area contributed by atoms with E-state index < -0.39 is 0 Å². The van der Waals surface area contributed by atoms with Crippen LogP contribution in [0.5, 0.6) is 0 Å². The van der Waals surface area contributed by atoms with Crippen LogP contribution in [-0.2, 0) is 14.9 Å². The van der Waals surface area contributed by atoms with Crippen LogP contribution in [0.15, 0.2) is 35.3 Å². The standard InChI is InChI=1S/C23H37N3O2.HI/c1-3-24-21(25-18-22(10-7-11-22)12-15-27-2)26-19-23(13-16-28-17-14-23)20-8-5-4-6-9-20;/h4-6,8-9H,3,7,10-19H2,1-2H3,(H2,24,25,26);1H. The molecule has 5 nitrogen and oxygen atoms in total. The van der Waals surface area contributed by atoms with Crippen LogP contribution < -0.4 is 10.6 Å². The Kier molecular flexibility index (Phi) is 10.2. The summed E-state index contributed by atoms with van der Waals surface area (Å²) < 4.78 is 11.0. The number of guanidine groups is 1. The number of nitrogens with one attached hydrogen (secondary N) is 2. The third-order valence-corrected chi connectivity index (χ3v) is 6.60. The molecule has 164 valence electrons. The summed E-state index contributed by atoms with van der Waals surface area (Å²) in [4.78, 5) is 4.98. The molecule has 1 saturated heterocycles. The molecule has 1 aromatic carbocycles. The highest BCUT2D eigenvalue weighted by atomic mass is 127. The molecule has 0 unspecified atom stereocenters. The Bertz CT molecular complexity index is 614. The van der Waals surface area contributed by atoms with Gasteiger partial charge in [-0.25, -0.2) is 0 Å². The van der Waals surface area contributed by atoms with Crippen molar-refractivity contribution in [1.82, 2.24) is 10.6 Å². The number of benzene rings is 1. The lowest BCUT2D eigenvalue weighted by atomic mass is 9.67. The minimum absolute atomic E-state index is 0. The van der Waals surface area contributed by atoms with Crippen molar-refractivity contribution in [2.24, 2.45) is 10.4 Å². The molecule has 0 aromatic heterocycles. The van der Waals surface area contributed by atoms with Crippen LogP contribution >= 0.6 is 24.0 Å². The minimum atomic E-state index is 0. The Labute approximate surface area is 193 Å². The fraction of sp³-hybridized carbons (Fsp3) is 0.696. The van der Waals surface area contributed by atoms with Crippen LogP contribution in [0.25, 0.3) is 0 Å². The van der Waals surface area contributed by atoms with Crippen molar-refractivity contribution >= 4 is 29.9 Å². The molecular formula is C23H38IN3O2. The van der Waals surface area contributed by atoms with Gasteiger partial charge in [-0.1, -0.05) is 36.8 Å². The van der Waals surface area contributed by atoms with E-state index in [0.717, 1.165) is 64.7 Å². The monoisotopic (exact) mass is 515 g/mol. The van der Waals surface area contributed by atoms with Crippen LogP contribution in [-0.4, -0.2) is 52.5 Å². The van der Waals surface area contributed by atoms with Crippen LogP contribution in [0.3, 0.4) is 0 Å². The van der Waals surface area contributed by atoms with Gasteiger partial charge in [-0.2, -0.15) is 0 Å². The van der Waals surface area contributed by atoms with E-state index >= 15 is 0 Å². The van der Waals surface area contributed by atoms with Gasteiger partial charge in [-0.15, -0.1) is 24.0 Å². The molecule has 6 heteroatoms. The van der Waals surface area contributed by atoms with Crippen molar-refractivity contribution in [3.05, 3.63) is 35.9 Å². The van der Waals surface area contributed by atoms with Crippen molar-refractivity contribution in [3.63, 3.8) is 0 Å². The van der Waals surface area contributed by atoms with Crippen LogP contribution in [0.1, 0.15) is 51.0 Å². The van der Waals surface area contributed by atoms with E-state index in [1.807, 2.05) is 0 Å². The predicted molar refractivity (Wildman–Crippen MR) is 130 cm³/mol. The second-order valence-electron chi connectivity index (χ2n) is 8.40. The average Bonchev–Trinajstić information content (AvgIpc) is 2.72. The maximum Gasteiger partial charge on any atom is 0.191 e. The van der Waals surface area contributed by atoms with E-state index in [2.05, 4.69) is 47.9 Å². The summed E-state index contributed by atoms with van der Waals surface area (Å²) in [5, 5.41) is 7.10. The van der Waals surface area contributed by atoms with Gasteiger partial charge in [0.25, 0.3) is 0 Å². The summed E-state index contributed by atoms with van der Waals surface area (Å²) in [5.74, 6) is 0.938. The molecule has 2 N–H and O–H groups in total. The molecule has 2 aliphatic rings. The second kappa shape index (κ2) is 12.1. The number of hydrogen-bond donors (Lipinski definition) is 2. The van der Waals surface area contributed by atoms with E-state index in [1.54, 1.807) is 7.11 Å². The first-order chi connectivity index (χ1) is 13.7. The van der Waals surface area contributed by atoms with E-state index in [9.17, 15) is 0 Å². The van der Waals surface area contributed by atoms with E-state index in [4.69, 9.17) is 14.5 Å². The van der Waals surface area contributed by atoms with E-state index in [-0.39, 0.29) is 29.4 Å². The molecule has 29 heavy (non-hydrogen) atoms. The van der Waals surface area contributed by atoms with Crippen molar-refractivity contribution < 1.29 is 9.47 Å². The Morgan fingerprint density at radius 1 is 1.10 bits per heavy atom. The number of ether oxygens (including phenoxy) is 2. The molecule has 0 radical (unpaired) electrons. The van der Waals surface area contributed by atoms with Crippen molar-refractivity contribution in [2.45, 2.75) is 50.9 Å². The highest BCUT2D eigenvalue weighted by molar-refractivity contribution is 14.0. The Morgan fingerprint density at radius 2 is 1.83 bits per heavy atom. The maximum atomic E-state index is 5.67. The van der Waals surface area contributed by atoms with Gasteiger partial charge in [0.1, 0.15) is 0 Å². The number of aliphatic imine (C=N–C) groups is 1. The number of rotatable bonds is 9. The molecule has 1 aromatic rings. The van der Waals surface area contributed by atoms with Gasteiger partial charge < -0.3 is 20.1 Å². The highest BCUT2D eigenvalue weighted by Gasteiger charge is 2.37. The molecule has 1 heterocycles. The lowest BCUT2D eigenvalue weighted by Gasteiger charge is -2.41. The number of methoxy groups -OCH3 is 1. The lowest BCUT2D eigenvalue weighted by Crippen LogP contribution is -2.48. The van der Waals surface area contributed by atoms with Crippen molar-refractivity contribution in [3.8, 4) is 0 Å². The summed E-state index contributed by atoms with van der Waals surface area (Å²) in [5.41, 5.74) is 1.85. The third-order valence-electron chi connectivity index (χ3n) is 6.60. The van der Waals surface area contributed by atoms with Crippen LogP contribution in [0, 0.1) is 5.41 Å². The average molecular weight is 515 g/mol. The minimum Gasteiger partial charge on any atom is -0.385 e. The van der Waals surface area contributed by atoms with Crippen molar-refractivity contribution in [1.29, 1.82) is 0 Å². The molecule has 0 spiro atoms. The normalized spacial score (nSPS) is 20.3. The highest BCUT2D eigenvalue weighted by Crippen LogP contribution is 2.44. The van der Waals surface area contributed by atoms with Crippen molar-refractivity contribution in [2.75, 3.05) is 46.6 Å². The Balaban J connectivity index is 0.00000300. The maximum absolute atomic E-state index is 5.67. The molecule has 1 aliphatic heterocycles. The smallest absolute Gasteiger partial charge is 0.191 e. The third kappa shape index (κ3) is 6.56. The number of halogens is 1. The van der Waals surface area contributed by atoms with Gasteiger partial charge >= 0.3 is 0 Å². The Hall–Kier alpha value is -0.860. The molecule has 3 rings (SSSR count). The van der Waals surface area contributed by atoms with Gasteiger partial charge in [-0.05, 0) is 50.0 Å². The zero-order valence-electron chi connectivity index (χ0n) is 18.0. The zero-order chi connectivity index (χ0) is 19.7. The summed E-state index contributed by atoms with van der Waals surface area (Å²) in [7, 11) is 1.79. The lowest BCUT2D eigenvalue weighted by molar-refractivity contribution is 0.0513. The molecule has 1 saturated carbocycles. The van der Waals surface area contributed by atoms with Gasteiger partial charge in [0.2, 0.25) is 0 Å². The first-order valence-electron chi connectivity index (χ1n) is 10.9. The zero-order valence-corrected chi connectivity index (χ0v) is 20.4. The predicted octanol–water partition coefficient (Wildman–Crippen LogP) is 4.11. The second-order valence-corrected chi connectivity index (χ2v) is 8.40. The van der Waals surface area contributed by atoms with Crippen LogP contribution in [0.4, 0.5) is 0 Å². The summed E-state index contributed by atoms with van der Waals surface area (Å²) in [6, 6.07) is 10.9. The first-order valence-corrected chi connectivity index (χ1v) is 10.9. The molecule has 0 atom stereocenters. The van der Waals surface area contributed by atoms with Gasteiger partial charge in [-0.3, -0.25) is 4.99 Å². The van der Waals surface area contributed by atoms with Gasteiger partial charge in [0, 0.05) is 52.0 Å². The summed E-state index contributed by atoms with van der Waals surface area (Å²) in [6.45, 7) is 7.25. The summed E-state index contributed by atoms with van der Waals surface area (Å²) in [6.07, 6.45) is 7.05. The first kappa shape index (κ1) is 24.4. The van der Waals surface area contributed by atoms with Gasteiger partial charge in [0.15, 0.2) is 5.96 Å². The fourth-order valence-electron chi connectivity index (χ4n) is 4.45. The Morgan fingerprint density at radius 3 is 2.41 bits per heavy atom. The van der Waals surface area contributed by atoms with Gasteiger partial charge in [0.05, 0.1) is 0 Å². The van der Waals surface area contributed by atoms with Crippen LogP contribution in [0.2, 0.25) is 0 Å².